The number of amides is 1. The van der Waals surface area contributed by atoms with Gasteiger partial charge in [0.15, 0.2) is 0 Å². The number of H-pyrrole nitrogens is 1. The normalized spacial score (nSPS) is 13.4. The summed E-state index contributed by atoms with van der Waals surface area (Å²) in [5, 5.41) is 10.0. The molecule has 3 aromatic rings. The van der Waals surface area contributed by atoms with Crippen LogP contribution in [0, 0.1) is 5.82 Å². The molecule has 2 heterocycles. The van der Waals surface area contributed by atoms with Crippen molar-refractivity contribution in [3.63, 3.8) is 0 Å². The molecule has 168 valence electrons. The van der Waals surface area contributed by atoms with Crippen molar-refractivity contribution in [1.29, 1.82) is 0 Å². The van der Waals surface area contributed by atoms with E-state index in [9.17, 15) is 32.3 Å². The van der Waals surface area contributed by atoms with Crippen LogP contribution < -0.4 is 5.56 Å². The molecule has 2 N–H and O–H groups in total. The van der Waals surface area contributed by atoms with E-state index in [4.69, 9.17) is 0 Å². The van der Waals surface area contributed by atoms with E-state index in [0.29, 0.717) is 0 Å². The minimum Gasteiger partial charge on any atom is -0.392 e. The Morgan fingerprint density at radius 3 is 2.38 bits per heavy atom. The number of aromatic nitrogens is 2. The lowest BCUT2D eigenvalue weighted by Crippen LogP contribution is -2.41. The van der Waals surface area contributed by atoms with Crippen LogP contribution in [0.25, 0.3) is 0 Å². The Hall–Kier alpha value is -3.53. The van der Waals surface area contributed by atoms with E-state index >= 15 is 0 Å². The van der Waals surface area contributed by atoms with Crippen molar-refractivity contribution in [3.8, 4) is 0 Å². The van der Waals surface area contributed by atoms with Crippen molar-refractivity contribution in [1.82, 2.24) is 14.9 Å². The van der Waals surface area contributed by atoms with Crippen LogP contribution in [-0.4, -0.2) is 38.5 Å². The molecular formula is C22H19F4N3O3. The van der Waals surface area contributed by atoms with Crippen LogP contribution in [0.3, 0.4) is 0 Å². The Morgan fingerprint density at radius 1 is 1.16 bits per heavy atom. The monoisotopic (exact) mass is 449 g/mol. The van der Waals surface area contributed by atoms with E-state index in [1.807, 2.05) is 0 Å². The maximum atomic E-state index is 14.7. The number of nitrogens with zero attached hydrogens (tertiary/aromatic N) is 2. The third kappa shape index (κ3) is 5.20. The van der Waals surface area contributed by atoms with E-state index in [-0.39, 0.29) is 23.4 Å². The first-order valence-electron chi connectivity index (χ1n) is 9.53. The van der Waals surface area contributed by atoms with Gasteiger partial charge in [-0.2, -0.15) is 13.2 Å². The SMILES string of the molecule is C[C@@H](O)CN(C(=O)c1ccc(=O)[nH]c1)[C@@H](c1ccc(C(F)(F)F)cc1)c1ncccc1F. The molecular weight excluding hydrogens is 430 g/mol. The van der Waals surface area contributed by atoms with E-state index in [1.165, 1.54) is 25.3 Å². The average Bonchev–Trinajstić information content (AvgIpc) is 2.74. The fourth-order valence-corrected chi connectivity index (χ4v) is 3.24. The Balaban J connectivity index is 2.16. The molecule has 3 rings (SSSR count). The molecule has 0 saturated carbocycles. The van der Waals surface area contributed by atoms with Gasteiger partial charge in [0.25, 0.3) is 5.91 Å². The van der Waals surface area contributed by atoms with Crippen LogP contribution in [0.2, 0.25) is 0 Å². The molecule has 0 saturated heterocycles. The molecule has 6 nitrogen and oxygen atoms in total. The molecule has 1 aromatic carbocycles. The second kappa shape index (κ2) is 9.31. The molecule has 10 heteroatoms. The Labute approximate surface area is 180 Å². The summed E-state index contributed by atoms with van der Waals surface area (Å²) in [6.45, 7) is 1.13. The number of carbonyl (C=O) groups excluding carboxylic acids is 1. The maximum Gasteiger partial charge on any atom is 0.416 e. The predicted octanol–water partition coefficient (Wildman–Crippen LogP) is 3.54. The molecule has 0 unspecified atom stereocenters. The molecule has 0 fully saturated rings. The summed E-state index contributed by atoms with van der Waals surface area (Å²) in [5.74, 6) is -1.46. The fraction of sp³-hybridized carbons (Fsp3) is 0.227. The van der Waals surface area contributed by atoms with Gasteiger partial charge in [0.1, 0.15) is 17.6 Å². The van der Waals surface area contributed by atoms with E-state index in [1.54, 1.807) is 0 Å². The number of pyridine rings is 2. The van der Waals surface area contributed by atoms with E-state index < -0.39 is 41.2 Å². The van der Waals surface area contributed by atoms with Gasteiger partial charge < -0.3 is 15.0 Å². The summed E-state index contributed by atoms with van der Waals surface area (Å²) in [4.78, 5) is 32.1. The van der Waals surface area contributed by atoms with Crippen LogP contribution in [0.4, 0.5) is 17.6 Å². The lowest BCUT2D eigenvalue weighted by Gasteiger charge is -2.33. The van der Waals surface area contributed by atoms with Crippen LogP contribution in [-0.2, 0) is 6.18 Å². The minimum atomic E-state index is -4.57. The first-order chi connectivity index (χ1) is 15.1. The zero-order chi connectivity index (χ0) is 23.5. The number of aliphatic hydroxyl groups excluding tert-OH is 1. The highest BCUT2D eigenvalue weighted by Gasteiger charge is 2.34. The zero-order valence-electron chi connectivity index (χ0n) is 16.8. The topological polar surface area (TPSA) is 86.3 Å². The Morgan fingerprint density at radius 2 is 1.84 bits per heavy atom. The van der Waals surface area contributed by atoms with Crippen molar-refractivity contribution in [3.05, 3.63) is 99.5 Å². The molecule has 0 aliphatic rings. The molecule has 0 aliphatic heterocycles. The standard InChI is InChI=1S/C22H19F4N3O3/c1-13(30)12-29(21(32)15-6-9-18(31)28-11-15)20(19-17(23)3-2-10-27-19)14-4-7-16(8-5-14)22(24,25)26/h2-11,13,20,30H,12H2,1H3,(H,28,31)/t13-,20+/m1/s1. The number of hydrogen-bond acceptors (Lipinski definition) is 4. The number of aromatic amines is 1. The van der Waals surface area contributed by atoms with Crippen molar-refractivity contribution < 1.29 is 27.5 Å². The van der Waals surface area contributed by atoms with E-state index in [2.05, 4.69) is 9.97 Å². The van der Waals surface area contributed by atoms with Gasteiger partial charge in [-0.25, -0.2) is 4.39 Å². The van der Waals surface area contributed by atoms with Crippen molar-refractivity contribution >= 4 is 5.91 Å². The lowest BCUT2D eigenvalue weighted by molar-refractivity contribution is -0.137. The molecule has 0 radical (unpaired) electrons. The van der Waals surface area contributed by atoms with Gasteiger partial charge in [0.05, 0.1) is 17.2 Å². The summed E-state index contributed by atoms with van der Waals surface area (Å²) < 4.78 is 53.8. The zero-order valence-corrected chi connectivity index (χ0v) is 16.8. The quantitative estimate of drug-likeness (QED) is 0.564. The third-order valence-corrected chi connectivity index (χ3v) is 4.66. The van der Waals surface area contributed by atoms with E-state index in [0.717, 1.165) is 47.5 Å². The number of aliphatic hydroxyl groups is 1. The summed E-state index contributed by atoms with van der Waals surface area (Å²) >= 11 is 0. The molecule has 0 bridgehead atoms. The number of hydrogen-bond donors (Lipinski definition) is 2. The van der Waals surface area contributed by atoms with Gasteiger partial charge in [0.2, 0.25) is 5.56 Å². The number of rotatable bonds is 6. The van der Waals surface area contributed by atoms with Crippen LogP contribution >= 0.6 is 0 Å². The van der Waals surface area contributed by atoms with Crippen LogP contribution in [0.15, 0.2) is 65.7 Å². The number of carbonyl (C=O) groups is 1. The summed E-state index contributed by atoms with van der Waals surface area (Å²) in [7, 11) is 0. The molecule has 0 spiro atoms. The molecule has 0 aliphatic carbocycles. The number of alkyl halides is 3. The largest absolute Gasteiger partial charge is 0.416 e. The smallest absolute Gasteiger partial charge is 0.392 e. The first kappa shape index (κ1) is 23.1. The summed E-state index contributed by atoms with van der Waals surface area (Å²) in [5.41, 5.74) is -1.35. The van der Waals surface area contributed by atoms with Gasteiger partial charge >= 0.3 is 6.18 Å². The molecule has 32 heavy (non-hydrogen) atoms. The Kier molecular flexibility index (Phi) is 6.73. The molecule has 2 aromatic heterocycles. The summed E-state index contributed by atoms with van der Waals surface area (Å²) in [6, 6.07) is 7.52. The van der Waals surface area contributed by atoms with Crippen molar-refractivity contribution in [2.75, 3.05) is 6.54 Å². The average molecular weight is 449 g/mol. The Bertz CT molecular complexity index is 1120. The fourth-order valence-electron chi connectivity index (χ4n) is 3.24. The van der Waals surface area contributed by atoms with Gasteiger partial charge in [-0.3, -0.25) is 14.6 Å². The number of halogens is 4. The predicted molar refractivity (Wildman–Crippen MR) is 107 cm³/mol. The van der Waals surface area contributed by atoms with Crippen molar-refractivity contribution in [2.24, 2.45) is 0 Å². The van der Waals surface area contributed by atoms with Gasteiger partial charge in [0, 0.05) is 25.0 Å². The second-order valence-corrected chi connectivity index (χ2v) is 7.14. The summed E-state index contributed by atoms with van der Waals surface area (Å²) in [6.07, 6.45) is -3.17. The van der Waals surface area contributed by atoms with Crippen LogP contribution in [0.5, 0.6) is 0 Å². The molecule has 1 amide bonds. The highest BCUT2D eigenvalue weighted by atomic mass is 19.4. The van der Waals surface area contributed by atoms with Gasteiger partial charge in [-0.15, -0.1) is 0 Å². The first-order valence-corrected chi connectivity index (χ1v) is 9.53. The maximum absolute atomic E-state index is 14.7. The van der Waals surface area contributed by atoms with Crippen LogP contribution in [0.1, 0.15) is 40.1 Å². The number of nitrogens with one attached hydrogen (secondary N) is 1. The number of benzene rings is 1. The van der Waals surface area contributed by atoms with Gasteiger partial charge in [-0.05, 0) is 42.8 Å². The highest BCUT2D eigenvalue weighted by molar-refractivity contribution is 5.94. The lowest BCUT2D eigenvalue weighted by atomic mass is 9.98. The highest BCUT2D eigenvalue weighted by Crippen LogP contribution is 2.34. The van der Waals surface area contributed by atoms with Crippen molar-refractivity contribution in [2.45, 2.75) is 25.2 Å². The van der Waals surface area contributed by atoms with Gasteiger partial charge in [-0.1, -0.05) is 12.1 Å². The minimum absolute atomic E-state index is 0.0403. The third-order valence-electron chi connectivity index (χ3n) is 4.66. The molecule has 2 atom stereocenters. The second-order valence-electron chi connectivity index (χ2n) is 7.14.